The van der Waals surface area contributed by atoms with Crippen molar-refractivity contribution in [3.63, 3.8) is 0 Å². The fourth-order valence-electron chi connectivity index (χ4n) is 1.94. The average molecular weight is 344 g/mol. The lowest BCUT2D eigenvalue weighted by Gasteiger charge is -2.11. The van der Waals surface area contributed by atoms with E-state index in [2.05, 4.69) is 0 Å². The fraction of sp³-hybridized carbons (Fsp3) is 0.0714. The van der Waals surface area contributed by atoms with Crippen molar-refractivity contribution in [1.82, 2.24) is 0 Å². The number of phenols is 1. The molecule has 23 heavy (non-hydrogen) atoms. The van der Waals surface area contributed by atoms with E-state index in [0.29, 0.717) is 6.07 Å². The number of carbonyl (C=O) groups is 1. The second-order valence-corrected chi connectivity index (χ2v) is 6.29. The zero-order chi connectivity index (χ0) is 17.4. The average Bonchev–Trinajstić information content (AvgIpc) is 2.46. The maximum Gasteiger partial charge on any atom is 0.337 e. The van der Waals surface area contributed by atoms with Gasteiger partial charge in [0, 0.05) is 12.1 Å². The molecule has 0 aliphatic rings. The quantitative estimate of drug-likeness (QED) is 0.825. The van der Waals surface area contributed by atoms with Gasteiger partial charge in [0.05, 0.1) is 17.6 Å². The summed E-state index contributed by atoms with van der Waals surface area (Å²) in [6.07, 6.45) is 0. The number of hydrogen-bond donors (Lipinski definition) is 2. The Morgan fingerprint density at radius 2 is 1.83 bits per heavy atom. The predicted octanol–water partition coefficient (Wildman–Crippen LogP) is 2.21. The molecule has 122 valence electrons. The van der Waals surface area contributed by atoms with Gasteiger partial charge in [-0.2, -0.15) is 0 Å². The minimum atomic E-state index is -4.63. The molecule has 0 aliphatic heterocycles. The largest absolute Gasteiger partial charge is 0.504 e. The molecule has 0 aliphatic carbocycles. The molecule has 0 saturated heterocycles. The van der Waals surface area contributed by atoms with Gasteiger partial charge in [0.15, 0.2) is 11.5 Å². The van der Waals surface area contributed by atoms with Crippen LogP contribution in [0, 0.1) is 11.6 Å². The zero-order valence-electron chi connectivity index (χ0n) is 11.6. The van der Waals surface area contributed by atoms with Crippen LogP contribution in [0.2, 0.25) is 0 Å². The van der Waals surface area contributed by atoms with Crippen LogP contribution in [0.1, 0.15) is 10.4 Å². The van der Waals surface area contributed by atoms with Crippen molar-refractivity contribution in [2.24, 2.45) is 0 Å². The topological polar surface area (TPSA) is 101 Å². The van der Waals surface area contributed by atoms with E-state index in [1.54, 1.807) is 0 Å². The molecule has 0 heterocycles. The molecule has 0 saturated carbocycles. The minimum Gasteiger partial charge on any atom is -0.504 e. The Morgan fingerprint density at radius 1 is 1.17 bits per heavy atom. The third-order valence-corrected chi connectivity index (χ3v) is 4.80. The highest BCUT2D eigenvalue weighted by Crippen LogP contribution is 2.33. The van der Waals surface area contributed by atoms with E-state index in [1.807, 2.05) is 0 Å². The summed E-state index contributed by atoms with van der Waals surface area (Å²) < 4.78 is 56.9. The lowest BCUT2D eigenvalue weighted by molar-refractivity contribution is 0.0691. The van der Waals surface area contributed by atoms with Crippen LogP contribution in [0.25, 0.3) is 0 Å². The molecule has 2 aromatic rings. The Morgan fingerprint density at radius 3 is 2.39 bits per heavy atom. The van der Waals surface area contributed by atoms with Crippen molar-refractivity contribution in [3.05, 3.63) is 47.5 Å². The lowest BCUT2D eigenvalue weighted by Crippen LogP contribution is -2.13. The highest BCUT2D eigenvalue weighted by atomic mass is 32.2. The van der Waals surface area contributed by atoms with Gasteiger partial charge in [-0.05, 0) is 18.2 Å². The molecule has 0 bridgehead atoms. The molecule has 0 fully saturated rings. The second kappa shape index (κ2) is 5.84. The van der Waals surface area contributed by atoms with Crippen LogP contribution < -0.4 is 4.74 Å². The highest BCUT2D eigenvalue weighted by molar-refractivity contribution is 7.91. The predicted molar refractivity (Wildman–Crippen MR) is 73.4 cm³/mol. The van der Waals surface area contributed by atoms with E-state index < -0.39 is 42.8 Å². The fourth-order valence-corrected chi connectivity index (χ4v) is 3.43. The van der Waals surface area contributed by atoms with Crippen molar-refractivity contribution in [2.45, 2.75) is 9.79 Å². The summed E-state index contributed by atoms with van der Waals surface area (Å²) in [6, 6.07) is 3.53. The summed E-state index contributed by atoms with van der Waals surface area (Å²) in [7, 11) is -3.45. The number of phenolic OH excluding ortho intramolecular Hbond substituents is 1. The molecule has 0 radical (unpaired) electrons. The summed E-state index contributed by atoms with van der Waals surface area (Å²) in [6.45, 7) is 0. The van der Waals surface area contributed by atoms with Gasteiger partial charge in [-0.15, -0.1) is 0 Å². The Labute approximate surface area is 129 Å². The van der Waals surface area contributed by atoms with E-state index in [1.165, 1.54) is 7.11 Å². The molecular weight excluding hydrogens is 334 g/mol. The van der Waals surface area contributed by atoms with Crippen LogP contribution in [0.5, 0.6) is 11.5 Å². The van der Waals surface area contributed by atoms with E-state index >= 15 is 0 Å². The monoisotopic (exact) mass is 344 g/mol. The van der Waals surface area contributed by atoms with Gasteiger partial charge in [-0.1, -0.05) is 0 Å². The van der Waals surface area contributed by atoms with Crippen molar-refractivity contribution >= 4 is 15.8 Å². The molecule has 2 aromatic carbocycles. The number of sulfone groups is 1. The first-order chi connectivity index (χ1) is 10.7. The SMILES string of the molecule is COc1cc(S(=O)(=O)c2c(F)cc(F)cc2C(=O)O)ccc1O. The van der Waals surface area contributed by atoms with E-state index in [0.717, 1.165) is 18.2 Å². The van der Waals surface area contributed by atoms with Crippen molar-refractivity contribution in [3.8, 4) is 11.5 Å². The normalized spacial score (nSPS) is 11.3. The maximum absolute atomic E-state index is 14.0. The Hall–Kier alpha value is -2.68. The number of rotatable bonds is 4. The Bertz CT molecular complexity index is 892. The molecule has 2 rings (SSSR count). The molecule has 9 heteroatoms. The molecule has 2 N–H and O–H groups in total. The van der Waals surface area contributed by atoms with Gasteiger partial charge in [0.25, 0.3) is 0 Å². The Kier molecular flexibility index (Phi) is 4.24. The second-order valence-electron chi connectivity index (χ2n) is 4.41. The van der Waals surface area contributed by atoms with E-state index in [4.69, 9.17) is 9.84 Å². The highest BCUT2D eigenvalue weighted by Gasteiger charge is 2.30. The number of carboxylic acids is 1. The van der Waals surface area contributed by atoms with Crippen LogP contribution in [-0.4, -0.2) is 31.7 Å². The Balaban J connectivity index is 2.77. The van der Waals surface area contributed by atoms with Crippen LogP contribution in [-0.2, 0) is 9.84 Å². The maximum atomic E-state index is 14.0. The lowest BCUT2D eigenvalue weighted by atomic mass is 10.2. The van der Waals surface area contributed by atoms with Crippen molar-refractivity contribution in [2.75, 3.05) is 7.11 Å². The minimum absolute atomic E-state index is 0.203. The molecule has 0 atom stereocenters. The van der Waals surface area contributed by atoms with Gasteiger partial charge in [-0.25, -0.2) is 22.0 Å². The van der Waals surface area contributed by atoms with Crippen LogP contribution in [0.15, 0.2) is 40.1 Å². The number of aromatic carboxylic acids is 1. The number of carboxylic acid groups (broad SMARTS) is 1. The number of hydrogen-bond acceptors (Lipinski definition) is 5. The van der Waals surface area contributed by atoms with Crippen molar-refractivity contribution in [1.29, 1.82) is 0 Å². The van der Waals surface area contributed by atoms with E-state index in [-0.39, 0.29) is 17.6 Å². The van der Waals surface area contributed by atoms with Gasteiger partial charge in [0.2, 0.25) is 9.84 Å². The number of ether oxygens (including phenoxy) is 1. The smallest absolute Gasteiger partial charge is 0.337 e. The third kappa shape index (κ3) is 2.95. The summed E-state index contributed by atoms with van der Waals surface area (Å²) >= 11 is 0. The molecular formula is C14H10F2O6S. The van der Waals surface area contributed by atoms with Gasteiger partial charge < -0.3 is 14.9 Å². The number of benzene rings is 2. The van der Waals surface area contributed by atoms with Gasteiger partial charge in [0.1, 0.15) is 16.5 Å². The first kappa shape index (κ1) is 16.7. The summed E-state index contributed by atoms with van der Waals surface area (Å²) in [5, 5.41) is 18.5. The van der Waals surface area contributed by atoms with E-state index in [9.17, 15) is 27.1 Å². The van der Waals surface area contributed by atoms with Gasteiger partial charge >= 0.3 is 5.97 Å². The third-order valence-electron chi connectivity index (χ3n) is 2.97. The molecule has 0 unspecified atom stereocenters. The molecule has 6 nitrogen and oxygen atoms in total. The first-order valence-corrected chi connectivity index (χ1v) is 7.51. The summed E-state index contributed by atoms with van der Waals surface area (Å²) in [5.74, 6) is -5.11. The van der Waals surface area contributed by atoms with Gasteiger partial charge in [-0.3, -0.25) is 0 Å². The number of methoxy groups -OCH3 is 1. The number of halogens is 2. The van der Waals surface area contributed by atoms with Crippen molar-refractivity contribution < 1.29 is 36.9 Å². The number of aromatic hydroxyl groups is 1. The van der Waals surface area contributed by atoms with Crippen LogP contribution in [0.4, 0.5) is 8.78 Å². The summed E-state index contributed by atoms with van der Waals surface area (Å²) in [5.41, 5.74) is -1.03. The first-order valence-electron chi connectivity index (χ1n) is 6.03. The van der Waals surface area contributed by atoms with Crippen LogP contribution in [0.3, 0.4) is 0 Å². The van der Waals surface area contributed by atoms with Crippen LogP contribution >= 0.6 is 0 Å². The zero-order valence-corrected chi connectivity index (χ0v) is 12.4. The standard InChI is InChI=1S/C14H10F2O6S/c1-22-12-6-8(2-3-11(12)17)23(20,21)13-9(14(18)19)4-7(15)5-10(13)16/h2-6,17H,1H3,(H,18,19). The molecule has 0 spiro atoms. The summed E-state index contributed by atoms with van der Waals surface area (Å²) in [4.78, 5) is 9.44. The molecule has 0 amide bonds. The molecule has 0 aromatic heterocycles.